The largest absolute Gasteiger partial charge is 0.447 e. The molecule has 2 aromatic heterocycles. The monoisotopic (exact) mass is 446 g/mol. The van der Waals surface area contributed by atoms with Crippen molar-refractivity contribution in [1.29, 1.82) is 0 Å². The third-order valence-corrected chi connectivity index (χ3v) is 4.94. The van der Waals surface area contributed by atoms with Crippen LogP contribution in [-0.2, 0) is 4.74 Å². The fourth-order valence-electron chi connectivity index (χ4n) is 3.45. The van der Waals surface area contributed by atoms with E-state index in [4.69, 9.17) is 4.74 Å². The van der Waals surface area contributed by atoms with Crippen LogP contribution in [0.15, 0.2) is 36.7 Å². The van der Waals surface area contributed by atoms with Gasteiger partial charge < -0.3 is 15.2 Å². The second-order valence-electron chi connectivity index (χ2n) is 7.85. The van der Waals surface area contributed by atoms with Crippen molar-refractivity contribution in [3.63, 3.8) is 0 Å². The summed E-state index contributed by atoms with van der Waals surface area (Å²) in [4.78, 5) is 17.6. The molecular weight excluding hydrogens is 422 g/mol. The van der Waals surface area contributed by atoms with Crippen molar-refractivity contribution in [1.82, 2.24) is 19.7 Å². The molecule has 3 N–H and O–H groups in total. The number of nitrogens with zero attached hydrogens (tertiary/aromatic N) is 4. The van der Waals surface area contributed by atoms with Crippen molar-refractivity contribution in [2.45, 2.75) is 38.9 Å². The third kappa shape index (κ3) is 4.94. The van der Waals surface area contributed by atoms with Crippen molar-refractivity contribution in [3.05, 3.63) is 42.5 Å². The average molecular weight is 446 g/mol. The summed E-state index contributed by atoms with van der Waals surface area (Å²) >= 11 is 0. The normalized spacial score (nSPS) is 17.6. The van der Waals surface area contributed by atoms with E-state index in [1.54, 1.807) is 31.0 Å². The van der Waals surface area contributed by atoms with Gasteiger partial charge in [-0.25, -0.2) is 23.2 Å². The van der Waals surface area contributed by atoms with Crippen molar-refractivity contribution < 1.29 is 23.4 Å². The van der Waals surface area contributed by atoms with Crippen LogP contribution >= 0.6 is 0 Å². The first-order valence-corrected chi connectivity index (χ1v) is 10.2. The molecule has 9 nitrogen and oxygen atoms in total. The molecule has 1 unspecified atom stereocenters. The van der Waals surface area contributed by atoms with E-state index in [-0.39, 0.29) is 18.3 Å². The van der Waals surface area contributed by atoms with Crippen LogP contribution in [0.2, 0.25) is 0 Å². The number of aliphatic hydroxyl groups is 1. The number of alkyl halides is 1. The molecule has 0 spiro atoms. The molecule has 1 amide bonds. The second-order valence-corrected chi connectivity index (χ2v) is 7.85. The maximum absolute atomic E-state index is 14.5. The number of hydrogen-bond acceptors (Lipinski definition) is 7. The van der Waals surface area contributed by atoms with Crippen LogP contribution in [0.4, 0.5) is 25.0 Å². The second kappa shape index (κ2) is 9.05. The summed E-state index contributed by atoms with van der Waals surface area (Å²) < 4.78 is 34.3. The number of aliphatic hydroxyl groups excluding tert-OH is 1. The Labute approximate surface area is 183 Å². The average Bonchev–Trinajstić information content (AvgIpc) is 3.34. The van der Waals surface area contributed by atoms with Crippen molar-refractivity contribution in [2.75, 3.05) is 23.7 Å². The Hall–Kier alpha value is -3.31. The SMILES string of the molecule is CC(C)OC(=O)Nc1cnc2nn(-c3cc(NC(O)N4CC[C@@H](F)C4)ccc3F)cc2c1. The number of pyridine rings is 1. The lowest BCUT2D eigenvalue weighted by Crippen LogP contribution is -2.39. The Bertz CT molecular complexity index is 1120. The molecule has 0 saturated carbocycles. The molecule has 4 rings (SSSR count). The van der Waals surface area contributed by atoms with Crippen LogP contribution in [0, 0.1) is 5.82 Å². The highest BCUT2D eigenvalue weighted by atomic mass is 19.1. The fourth-order valence-corrected chi connectivity index (χ4v) is 3.45. The number of halogens is 2. The number of carbonyl (C=O) groups is 1. The van der Waals surface area contributed by atoms with Crippen LogP contribution < -0.4 is 10.6 Å². The van der Waals surface area contributed by atoms with E-state index in [1.165, 1.54) is 29.1 Å². The van der Waals surface area contributed by atoms with Crippen molar-refractivity contribution in [3.8, 4) is 5.69 Å². The lowest BCUT2D eigenvalue weighted by molar-refractivity contribution is 0.0401. The predicted molar refractivity (Wildman–Crippen MR) is 115 cm³/mol. The Morgan fingerprint density at radius 3 is 2.84 bits per heavy atom. The summed E-state index contributed by atoms with van der Waals surface area (Å²) in [7, 11) is 0. The Morgan fingerprint density at radius 1 is 1.31 bits per heavy atom. The van der Waals surface area contributed by atoms with Gasteiger partial charge in [-0.15, -0.1) is 5.10 Å². The Kier molecular flexibility index (Phi) is 6.19. The maximum Gasteiger partial charge on any atom is 0.411 e. The molecule has 0 aliphatic carbocycles. The van der Waals surface area contributed by atoms with E-state index in [0.717, 1.165) is 0 Å². The highest BCUT2D eigenvalue weighted by Gasteiger charge is 2.27. The molecule has 1 aliphatic rings. The minimum Gasteiger partial charge on any atom is -0.447 e. The molecule has 1 fully saturated rings. The molecule has 1 aromatic carbocycles. The molecule has 3 heterocycles. The summed E-state index contributed by atoms with van der Waals surface area (Å²) in [5, 5.41) is 20.6. The molecule has 2 atom stereocenters. The van der Waals surface area contributed by atoms with Gasteiger partial charge in [-0.1, -0.05) is 0 Å². The zero-order valence-corrected chi connectivity index (χ0v) is 17.6. The lowest BCUT2D eigenvalue weighted by Gasteiger charge is -2.24. The molecule has 170 valence electrons. The van der Waals surface area contributed by atoms with Gasteiger partial charge in [0.05, 0.1) is 18.0 Å². The number of rotatable bonds is 6. The maximum atomic E-state index is 14.5. The van der Waals surface area contributed by atoms with Gasteiger partial charge in [0, 0.05) is 30.4 Å². The highest BCUT2D eigenvalue weighted by Crippen LogP contribution is 2.23. The van der Waals surface area contributed by atoms with E-state index >= 15 is 0 Å². The van der Waals surface area contributed by atoms with Gasteiger partial charge in [-0.2, -0.15) is 0 Å². The number of carbonyl (C=O) groups excluding carboxylic acids is 1. The van der Waals surface area contributed by atoms with Crippen LogP contribution in [0.25, 0.3) is 16.7 Å². The number of amides is 1. The van der Waals surface area contributed by atoms with Gasteiger partial charge in [0.2, 0.25) is 0 Å². The van der Waals surface area contributed by atoms with Gasteiger partial charge in [0.25, 0.3) is 0 Å². The number of benzene rings is 1. The highest BCUT2D eigenvalue weighted by molar-refractivity contribution is 5.88. The fraction of sp³-hybridized carbons (Fsp3) is 0.381. The Balaban J connectivity index is 1.54. The molecule has 1 aliphatic heterocycles. The predicted octanol–water partition coefficient (Wildman–Crippen LogP) is 3.25. The number of likely N-dealkylation sites (tertiary alicyclic amines) is 1. The summed E-state index contributed by atoms with van der Waals surface area (Å²) in [6.07, 6.45) is 0.452. The van der Waals surface area contributed by atoms with E-state index in [9.17, 15) is 18.7 Å². The Morgan fingerprint density at radius 2 is 2.12 bits per heavy atom. The van der Waals surface area contributed by atoms with E-state index in [1.807, 2.05) is 0 Å². The van der Waals surface area contributed by atoms with E-state index in [2.05, 4.69) is 20.7 Å². The first-order valence-electron chi connectivity index (χ1n) is 10.2. The lowest BCUT2D eigenvalue weighted by atomic mass is 10.2. The quantitative estimate of drug-likeness (QED) is 0.499. The van der Waals surface area contributed by atoms with Crippen molar-refractivity contribution >= 4 is 28.5 Å². The summed E-state index contributed by atoms with van der Waals surface area (Å²) in [5.74, 6) is -0.526. The number of aromatic nitrogens is 3. The topological polar surface area (TPSA) is 105 Å². The zero-order valence-electron chi connectivity index (χ0n) is 17.6. The summed E-state index contributed by atoms with van der Waals surface area (Å²) in [5.41, 5.74) is 1.36. The van der Waals surface area contributed by atoms with Gasteiger partial charge in [-0.3, -0.25) is 10.2 Å². The van der Waals surface area contributed by atoms with Gasteiger partial charge in [0.15, 0.2) is 12.0 Å². The molecule has 3 aromatic rings. The van der Waals surface area contributed by atoms with Gasteiger partial charge in [-0.05, 0) is 44.5 Å². The first-order chi connectivity index (χ1) is 15.3. The smallest absolute Gasteiger partial charge is 0.411 e. The number of hydrogen-bond donors (Lipinski definition) is 3. The molecule has 0 radical (unpaired) electrons. The van der Waals surface area contributed by atoms with Gasteiger partial charge >= 0.3 is 6.09 Å². The molecular formula is C21H24F2N6O3. The van der Waals surface area contributed by atoms with E-state index < -0.39 is 24.4 Å². The minimum absolute atomic E-state index is 0.138. The number of ether oxygens (including phenoxy) is 1. The number of fused-ring (bicyclic) bond motifs is 1. The van der Waals surface area contributed by atoms with Crippen LogP contribution in [0.5, 0.6) is 0 Å². The summed E-state index contributed by atoms with van der Waals surface area (Å²) in [6.45, 7) is 4.05. The first kappa shape index (κ1) is 21.9. The molecule has 0 bridgehead atoms. The van der Waals surface area contributed by atoms with Crippen LogP contribution in [0.1, 0.15) is 20.3 Å². The summed E-state index contributed by atoms with van der Waals surface area (Å²) in [6, 6.07) is 5.88. The van der Waals surface area contributed by atoms with E-state index in [0.29, 0.717) is 35.4 Å². The number of anilines is 2. The minimum atomic E-state index is -1.09. The van der Waals surface area contributed by atoms with Crippen molar-refractivity contribution in [2.24, 2.45) is 0 Å². The van der Waals surface area contributed by atoms with Crippen LogP contribution in [-0.4, -0.2) is 62.6 Å². The molecule has 11 heteroatoms. The molecule has 1 saturated heterocycles. The third-order valence-electron chi connectivity index (χ3n) is 4.94. The zero-order chi connectivity index (χ0) is 22.8. The van der Waals surface area contributed by atoms with Crippen LogP contribution in [0.3, 0.4) is 0 Å². The molecule has 32 heavy (non-hydrogen) atoms. The van der Waals surface area contributed by atoms with Gasteiger partial charge in [0.1, 0.15) is 17.7 Å². The number of nitrogens with one attached hydrogen (secondary N) is 2. The standard InChI is InChI=1S/C21H24F2N6O3/c1-12(2)32-21(31)26-16-7-13-10-29(27-19(13)24-9-16)18-8-15(3-4-17(18)23)25-20(30)28-6-5-14(22)11-28/h3-4,7-10,12,14,20,25,30H,5-6,11H2,1-2H3,(H,26,31)/t14-,20?/m1/s1.